The monoisotopic (exact) mass is 335 g/mol. The third-order valence-corrected chi connectivity index (χ3v) is 7.33. The number of carbonyl (C=O) groups excluding carboxylic acids is 1. The Bertz CT molecular complexity index is 537. The number of oxime groups is 1. The first-order chi connectivity index (χ1) is 9.45. The van der Waals surface area contributed by atoms with Gasteiger partial charge in [0, 0.05) is 17.7 Å². The topological polar surface area (TPSA) is 86.8 Å². The Hall–Kier alpha value is -0.980. The molecule has 2 N–H and O–H groups in total. The summed E-state index contributed by atoms with van der Waals surface area (Å²) in [4.78, 5) is 21.2. The maximum Gasteiger partial charge on any atom is 0.366 e. The predicted octanol–water partition coefficient (Wildman–Crippen LogP) is 2.44. The van der Waals surface area contributed by atoms with Crippen LogP contribution < -0.4 is 5.73 Å². The van der Waals surface area contributed by atoms with Crippen LogP contribution in [0.3, 0.4) is 0 Å². The van der Waals surface area contributed by atoms with E-state index in [0.717, 1.165) is 0 Å². The molecular weight excluding hydrogens is 317 g/mol. The molecule has 20 heavy (non-hydrogen) atoms. The SMILES string of the molecule is CCON=C(C(=O)OP(=S)(CC)CC)c1csc(N)n1. The molecule has 1 rings (SSSR count). The molecule has 0 spiro atoms. The van der Waals surface area contributed by atoms with Crippen molar-refractivity contribution in [2.24, 2.45) is 5.16 Å². The maximum absolute atomic E-state index is 12.2. The number of anilines is 1. The second-order valence-corrected chi connectivity index (χ2v) is 9.72. The van der Waals surface area contributed by atoms with Crippen LogP contribution in [-0.4, -0.2) is 35.6 Å². The average Bonchev–Trinajstić information content (AvgIpc) is 2.85. The zero-order valence-electron chi connectivity index (χ0n) is 11.7. The molecule has 0 bridgehead atoms. The van der Waals surface area contributed by atoms with Crippen molar-refractivity contribution < 1.29 is 14.2 Å². The van der Waals surface area contributed by atoms with E-state index in [0.29, 0.717) is 29.8 Å². The number of rotatable bonds is 7. The van der Waals surface area contributed by atoms with Gasteiger partial charge in [-0.25, -0.2) is 9.78 Å². The van der Waals surface area contributed by atoms with E-state index in [9.17, 15) is 4.79 Å². The summed E-state index contributed by atoms with van der Waals surface area (Å²) < 4.78 is 5.46. The van der Waals surface area contributed by atoms with Crippen molar-refractivity contribution in [3.63, 3.8) is 0 Å². The van der Waals surface area contributed by atoms with Crippen LogP contribution in [0.15, 0.2) is 10.5 Å². The van der Waals surface area contributed by atoms with E-state index in [1.165, 1.54) is 11.3 Å². The van der Waals surface area contributed by atoms with E-state index < -0.39 is 12.2 Å². The molecule has 1 aromatic rings. The summed E-state index contributed by atoms with van der Waals surface area (Å²) in [6.07, 6.45) is -0.856. The minimum Gasteiger partial charge on any atom is -0.432 e. The summed E-state index contributed by atoms with van der Waals surface area (Å²) in [5.74, 6) is -0.601. The summed E-state index contributed by atoms with van der Waals surface area (Å²) in [7, 11) is 0. The Morgan fingerprint density at radius 1 is 1.50 bits per heavy atom. The minimum absolute atomic E-state index is 0.0101. The first-order valence-corrected chi connectivity index (χ1v) is 10.2. The average molecular weight is 335 g/mol. The molecule has 0 amide bonds. The molecule has 9 heteroatoms. The maximum atomic E-state index is 12.2. The second-order valence-electron chi connectivity index (χ2n) is 3.75. The summed E-state index contributed by atoms with van der Waals surface area (Å²) in [6.45, 7) is 5.94. The van der Waals surface area contributed by atoms with Gasteiger partial charge in [0.05, 0.1) is 0 Å². The molecule has 0 aromatic carbocycles. The van der Waals surface area contributed by atoms with Gasteiger partial charge in [0.1, 0.15) is 18.6 Å². The Morgan fingerprint density at radius 2 is 2.15 bits per heavy atom. The van der Waals surface area contributed by atoms with E-state index in [1.807, 2.05) is 13.8 Å². The van der Waals surface area contributed by atoms with Gasteiger partial charge in [-0.05, 0) is 6.92 Å². The summed E-state index contributed by atoms with van der Waals surface area (Å²) in [5, 5.41) is 5.76. The third kappa shape index (κ3) is 4.54. The highest BCUT2D eigenvalue weighted by atomic mass is 32.4. The quantitative estimate of drug-likeness (QED) is 0.468. The molecule has 0 saturated carbocycles. The molecule has 6 nitrogen and oxygen atoms in total. The van der Waals surface area contributed by atoms with Crippen LogP contribution in [0.25, 0.3) is 0 Å². The van der Waals surface area contributed by atoms with Gasteiger partial charge in [-0.2, -0.15) is 0 Å². The minimum atomic E-state index is -2.15. The van der Waals surface area contributed by atoms with Gasteiger partial charge in [0.2, 0.25) is 5.71 Å². The lowest BCUT2D eigenvalue weighted by atomic mass is 10.3. The van der Waals surface area contributed by atoms with Gasteiger partial charge in [0.15, 0.2) is 5.13 Å². The molecule has 0 atom stereocenters. The molecule has 1 heterocycles. The molecule has 112 valence electrons. The van der Waals surface area contributed by atoms with Crippen molar-refractivity contribution in [3.05, 3.63) is 11.1 Å². The second kappa shape index (κ2) is 7.71. The summed E-state index contributed by atoms with van der Waals surface area (Å²) >= 11 is 6.62. The van der Waals surface area contributed by atoms with Crippen LogP contribution in [0, 0.1) is 0 Å². The van der Waals surface area contributed by atoms with Crippen molar-refractivity contribution >= 4 is 46.2 Å². The van der Waals surface area contributed by atoms with Gasteiger partial charge in [0.25, 0.3) is 0 Å². The molecule has 0 aliphatic carbocycles. The normalized spacial score (nSPS) is 12.2. The standard InChI is InChI=1S/C11H18N3O3PS2/c1-4-16-14-9(8-7-20-11(12)13-8)10(15)17-18(19,5-2)6-3/h7H,4-6H2,1-3H3,(H2,12,13). The van der Waals surface area contributed by atoms with Crippen LogP contribution in [0.1, 0.15) is 26.5 Å². The highest BCUT2D eigenvalue weighted by Gasteiger charge is 2.25. The summed E-state index contributed by atoms with van der Waals surface area (Å²) in [5.41, 5.74) is 5.93. The highest BCUT2D eigenvalue weighted by Crippen LogP contribution is 2.46. The largest absolute Gasteiger partial charge is 0.432 e. The Kier molecular flexibility index (Phi) is 6.58. The first-order valence-electron chi connectivity index (χ1n) is 6.19. The van der Waals surface area contributed by atoms with E-state index in [4.69, 9.17) is 26.9 Å². The lowest BCUT2D eigenvalue weighted by molar-refractivity contribution is -0.126. The van der Waals surface area contributed by atoms with Gasteiger partial charge >= 0.3 is 5.97 Å². The van der Waals surface area contributed by atoms with Gasteiger partial charge in [-0.3, -0.25) is 0 Å². The fourth-order valence-electron chi connectivity index (χ4n) is 1.26. The zero-order valence-corrected chi connectivity index (χ0v) is 14.2. The van der Waals surface area contributed by atoms with E-state index >= 15 is 0 Å². The highest BCUT2D eigenvalue weighted by molar-refractivity contribution is 8.12. The van der Waals surface area contributed by atoms with Crippen molar-refractivity contribution in [1.29, 1.82) is 0 Å². The van der Waals surface area contributed by atoms with E-state index in [1.54, 1.807) is 12.3 Å². The van der Waals surface area contributed by atoms with Crippen LogP contribution in [-0.2, 0) is 26.0 Å². The molecule has 1 aromatic heterocycles. The third-order valence-electron chi connectivity index (χ3n) is 2.46. The Balaban J connectivity index is 3.01. The Labute approximate surface area is 127 Å². The lowest BCUT2D eigenvalue weighted by Crippen LogP contribution is -2.19. The van der Waals surface area contributed by atoms with Crippen LogP contribution >= 0.6 is 17.6 Å². The smallest absolute Gasteiger partial charge is 0.366 e. The van der Waals surface area contributed by atoms with Gasteiger partial charge < -0.3 is 15.1 Å². The van der Waals surface area contributed by atoms with E-state index in [2.05, 4.69) is 10.1 Å². The van der Waals surface area contributed by atoms with Gasteiger partial charge in [-0.1, -0.05) is 30.8 Å². The summed E-state index contributed by atoms with van der Waals surface area (Å²) in [6, 6.07) is 0. The molecule has 0 fully saturated rings. The molecule has 0 radical (unpaired) electrons. The molecule has 0 aliphatic heterocycles. The number of nitrogens with two attached hydrogens (primary N) is 1. The number of nitrogen functional groups attached to an aromatic ring is 1. The number of hydrogen-bond donors (Lipinski definition) is 1. The number of thiazole rings is 1. The molecular formula is C11H18N3O3PS2. The fraction of sp³-hybridized carbons (Fsp3) is 0.545. The zero-order chi connectivity index (χ0) is 15.2. The van der Waals surface area contributed by atoms with Crippen LogP contribution in [0.2, 0.25) is 0 Å². The van der Waals surface area contributed by atoms with Gasteiger partial charge in [-0.15, -0.1) is 11.3 Å². The Morgan fingerprint density at radius 3 is 2.60 bits per heavy atom. The van der Waals surface area contributed by atoms with Crippen molar-refractivity contribution in [1.82, 2.24) is 4.98 Å². The van der Waals surface area contributed by atoms with Crippen molar-refractivity contribution in [2.75, 3.05) is 24.7 Å². The number of nitrogens with zero attached hydrogens (tertiary/aromatic N) is 2. The number of carbonyl (C=O) groups is 1. The van der Waals surface area contributed by atoms with Crippen LogP contribution in [0.5, 0.6) is 0 Å². The molecule has 0 unspecified atom stereocenters. The van der Waals surface area contributed by atoms with Crippen molar-refractivity contribution in [3.8, 4) is 0 Å². The number of aromatic nitrogens is 1. The molecule has 0 saturated heterocycles. The van der Waals surface area contributed by atoms with Crippen LogP contribution in [0.4, 0.5) is 5.13 Å². The first kappa shape index (κ1) is 17.1. The fourth-order valence-corrected chi connectivity index (χ4v) is 3.11. The number of hydrogen-bond acceptors (Lipinski definition) is 8. The molecule has 0 aliphatic rings. The lowest BCUT2D eigenvalue weighted by Gasteiger charge is -2.18. The predicted molar refractivity (Wildman–Crippen MR) is 86.1 cm³/mol. The van der Waals surface area contributed by atoms with E-state index in [-0.39, 0.29) is 5.71 Å². The van der Waals surface area contributed by atoms with Crippen molar-refractivity contribution in [2.45, 2.75) is 20.8 Å².